The predicted octanol–water partition coefficient (Wildman–Crippen LogP) is 2.48. The van der Waals surface area contributed by atoms with Crippen LogP contribution in [0.5, 0.6) is 0 Å². The molecule has 0 unspecified atom stereocenters. The van der Waals surface area contributed by atoms with Gasteiger partial charge in [0.25, 0.3) is 0 Å². The Bertz CT molecular complexity index is 936. The van der Waals surface area contributed by atoms with Crippen LogP contribution in [0.4, 0.5) is 5.82 Å². The van der Waals surface area contributed by atoms with E-state index in [0.717, 1.165) is 39.1 Å². The Morgan fingerprint density at radius 3 is 2.48 bits per heavy atom. The number of hydrogen-bond donors (Lipinski definition) is 2. The minimum absolute atomic E-state index is 0.809. The van der Waals surface area contributed by atoms with Crippen LogP contribution < -0.4 is 4.90 Å². The molecule has 0 bridgehead atoms. The van der Waals surface area contributed by atoms with Crippen LogP contribution in [0.25, 0.3) is 33.3 Å². The zero-order valence-electron chi connectivity index (χ0n) is 12.8. The largest absolute Gasteiger partial charge is 0.361 e. The molecule has 0 aliphatic carbocycles. The second-order valence-corrected chi connectivity index (χ2v) is 5.48. The van der Waals surface area contributed by atoms with E-state index in [1.165, 1.54) is 0 Å². The highest BCUT2D eigenvalue weighted by Crippen LogP contribution is 2.33. The molecule has 0 saturated heterocycles. The summed E-state index contributed by atoms with van der Waals surface area (Å²) in [5.74, 6) is 0.824. The van der Waals surface area contributed by atoms with Crippen molar-refractivity contribution >= 4 is 16.7 Å². The van der Waals surface area contributed by atoms with Crippen LogP contribution >= 0.6 is 0 Å². The SMILES string of the molecule is CN(C)c1ccc(-c2ccc(-c3cn[nH]c3)c3cn[nH]c23)nn1. The first kappa shape index (κ1) is 13.4. The summed E-state index contributed by atoms with van der Waals surface area (Å²) < 4.78 is 0. The number of aromatic nitrogens is 6. The monoisotopic (exact) mass is 305 g/mol. The van der Waals surface area contributed by atoms with Crippen LogP contribution in [0.2, 0.25) is 0 Å². The normalized spacial score (nSPS) is 11.0. The van der Waals surface area contributed by atoms with Crippen molar-refractivity contribution in [3.05, 3.63) is 42.9 Å². The smallest absolute Gasteiger partial charge is 0.150 e. The first-order valence-corrected chi connectivity index (χ1v) is 7.20. The lowest BCUT2D eigenvalue weighted by atomic mass is 10.0. The van der Waals surface area contributed by atoms with E-state index in [-0.39, 0.29) is 0 Å². The molecule has 0 radical (unpaired) electrons. The number of rotatable bonds is 3. The van der Waals surface area contributed by atoms with Crippen molar-refractivity contribution in [2.45, 2.75) is 0 Å². The van der Waals surface area contributed by atoms with Crippen LogP contribution in [-0.2, 0) is 0 Å². The summed E-state index contributed by atoms with van der Waals surface area (Å²) in [6.45, 7) is 0. The van der Waals surface area contributed by atoms with Crippen molar-refractivity contribution in [3.8, 4) is 22.4 Å². The highest BCUT2D eigenvalue weighted by molar-refractivity contribution is 6.01. The van der Waals surface area contributed by atoms with E-state index in [0.29, 0.717) is 0 Å². The molecule has 0 atom stereocenters. The number of fused-ring (bicyclic) bond motifs is 1. The first-order chi connectivity index (χ1) is 11.2. The number of nitrogens with zero attached hydrogens (tertiary/aromatic N) is 5. The van der Waals surface area contributed by atoms with E-state index < -0.39 is 0 Å². The molecule has 3 heterocycles. The Kier molecular flexibility index (Phi) is 3.04. The minimum atomic E-state index is 0.809. The summed E-state index contributed by atoms with van der Waals surface area (Å²) in [5, 5.41) is 23.7. The Morgan fingerprint density at radius 1 is 0.913 bits per heavy atom. The van der Waals surface area contributed by atoms with E-state index in [4.69, 9.17) is 0 Å². The van der Waals surface area contributed by atoms with Gasteiger partial charge in [0, 0.05) is 36.8 Å². The average Bonchev–Trinajstić information content (AvgIpc) is 3.25. The number of aromatic amines is 2. The van der Waals surface area contributed by atoms with Crippen LogP contribution in [0.15, 0.2) is 42.9 Å². The van der Waals surface area contributed by atoms with Gasteiger partial charge in [-0.3, -0.25) is 10.2 Å². The minimum Gasteiger partial charge on any atom is -0.361 e. The van der Waals surface area contributed by atoms with E-state index >= 15 is 0 Å². The van der Waals surface area contributed by atoms with Gasteiger partial charge >= 0.3 is 0 Å². The molecule has 0 spiro atoms. The molecule has 23 heavy (non-hydrogen) atoms. The quantitative estimate of drug-likeness (QED) is 0.607. The maximum atomic E-state index is 4.33. The number of nitrogens with one attached hydrogen (secondary N) is 2. The Labute approximate surface area is 132 Å². The molecular formula is C16H15N7. The van der Waals surface area contributed by atoms with Crippen LogP contribution in [0.3, 0.4) is 0 Å². The summed E-state index contributed by atoms with van der Waals surface area (Å²) >= 11 is 0. The molecule has 0 saturated carbocycles. The van der Waals surface area contributed by atoms with E-state index in [2.05, 4.69) is 36.7 Å². The van der Waals surface area contributed by atoms with Crippen LogP contribution in [-0.4, -0.2) is 44.7 Å². The fourth-order valence-corrected chi connectivity index (χ4v) is 2.61. The molecule has 0 fully saturated rings. The Hall–Kier alpha value is -3.22. The maximum absolute atomic E-state index is 4.33. The van der Waals surface area contributed by atoms with Gasteiger partial charge in [-0.2, -0.15) is 10.2 Å². The van der Waals surface area contributed by atoms with Gasteiger partial charge in [0.1, 0.15) is 0 Å². The van der Waals surface area contributed by atoms with Gasteiger partial charge in [0.05, 0.1) is 23.6 Å². The third-order valence-corrected chi connectivity index (χ3v) is 3.81. The van der Waals surface area contributed by atoms with Gasteiger partial charge in [0.2, 0.25) is 0 Å². The topological polar surface area (TPSA) is 86.4 Å². The molecule has 1 aromatic carbocycles. The van der Waals surface area contributed by atoms with E-state index in [9.17, 15) is 0 Å². The molecule has 2 N–H and O–H groups in total. The zero-order valence-corrected chi connectivity index (χ0v) is 12.8. The van der Waals surface area contributed by atoms with Crippen molar-refractivity contribution in [2.75, 3.05) is 19.0 Å². The molecule has 7 nitrogen and oxygen atoms in total. The van der Waals surface area contributed by atoms with Crippen LogP contribution in [0, 0.1) is 0 Å². The van der Waals surface area contributed by atoms with Gasteiger partial charge in [-0.05, 0) is 23.8 Å². The third-order valence-electron chi connectivity index (χ3n) is 3.81. The van der Waals surface area contributed by atoms with Gasteiger partial charge < -0.3 is 4.90 Å². The first-order valence-electron chi connectivity index (χ1n) is 7.20. The van der Waals surface area contributed by atoms with Gasteiger partial charge in [-0.15, -0.1) is 10.2 Å². The molecule has 0 aliphatic rings. The number of hydrogen-bond acceptors (Lipinski definition) is 5. The molecule has 0 amide bonds. The second kappa shape index (κ2) is 5.20. The summed E-state index contributed by atoms with van der Waals surface area (Å²) in [5.41, 5.74) is 4.82. The highest BCUT2D eigenvalue weighted by atomic mass is 15.2. The second-order valence-electron chi connectivity index (χ2n) is 5.48. The molecule has 4 rings (SSSR count). The average molecular weight is 305 g/mol. The molecule has 4 aromatic rings. The highest BCUT2D eigenvalue weighted by Gasteiger charge is 2.13. The van der Waals surface area contributed by atoms with Crippen molar-refractivity contribution in [3.63, 3.8) is 0 Å². The summed E-state index contributed by atoms with van der Waals surface area (Å²) in [7, 11) is 3.88. The van der Waals surface area contributed by atoms with Gasteiger partial charge in [0.15, 0.2) is 5.82 Å². The van der Waals surface area contributed by atoms with Crippen molar-refractivity contribution in [1.82, 2.24) is 30.6 Å². The fraction of sp³-hybridized carbons (Fsp3) is 0.125. The fourth-order valence-electron chi connectivity index (χ4n) is 2.61. The van der Waals surface area contributed by atoms with E-state index in [1.807, 2.05) is 49.6 Å². The Morgan fingerprint density at radius 2 is 1.78 bits per heavy atom. The molecular weight excluding hydrogens is 290 g/mol. The number of anilines is 1. The maximum Gasteiger partial charge on any atom is 0.150 e. The third kappa shape index (κ3) is 2.22. The number of benzene rings is 1. The van der Waals surface area contributed by atoms with Gasteiger partial charge in [-0.1, -0.05) is 6.07 Å². The van der Waals surface area contributed by atoms with E-state index in [1.54, 1.807) is 6.20 Å². The van der Waals surface area contributed by atoms with Gasteiger partial charge in [-0.25, -0.2) is 0 Å². The van der Waals surface area contributed by atoms with Crippen molar-refractivity contribution in [2.24, 2.45) is 0 Å². The lowest BCUT2D eigenvalue weighted by Crippen LogP contribution is -2.11. The molecule has 7 heteroatoms. The lowest BCUT2D eigenvalue weighted by Gasteiger charge is -2.10. The zero-order chi connectivity index (χ0) is 15.8. The van der Waals surface area contributed by atoms with Crippen molar-refractivity contribution in [1.29, 1.82) is 0 Å². The summed E-state index contributed by atoms with van der Waals surface area (Å²) in [6, 6.07) is 8.01. The summed E-state index contributed by atoms with van der Waals surface area (Å²) in [4.78, 5) is 1.92. The molecule has 3 aromatic heterocycles. The standard InChI is InChI=1S/C16H15N7/c1-23(2)15-6-5-14(20-21-15)12-4-3-11(10-7-17-18-8-10)13-9-19-22-16(12)13/h3-9H,1-2H3,(H,17,18)(H,19,22). The lowest BCUT2D eigenvalue weighted by molar-refractivity contribution is 0.969. The van der Waals surface area contributed by atoms with Crippen LogP contribution in [0.1, 0.15) is 0 Å². The van der Waals surface area contributed by atoms with Crippen molar-refractivity contribution < 1.29 is 0 Å². The summed E-state index contributed by atoms with van der Waals surface area (Å²) in [6.07, 6.45) is 5.49. The molecule has 114 valence electrons. The predicted molar refractivity (Wildman–Crippen MR) is 89.0 cm³/mol. The number of H-pyrrole nitrogens is 2. The Balaban J connectivity index is 1.86. The molecule has 0 aliphatic heterocycles.